The molecule has 0 unspecified atom stereocenters. The van der Waals surface area contributed by atoms with Crippen molar-refractivity contribution in [2.24, 2.45) is 0 Å². The van der Waals surface area contributed by atoms with E-state index in [9.17, 15) is 4.79 Å². The van der Waals surface area contributed by atoms with Crippen LogP contribution in [-0.2, 0) is 9.47 Å². The second-order valence-electron chi connectivity index (χ2n) is 4.00. The van der Waals surface area contributed by atoms with Gasteiger partial charge >= 0.3 is 5.97 Å². The number of anilines is 2. The highest BCUT2D eigenvalue weighted by atomic mass is 16.5. The summed E-state index contributed by atoms with van der Waals surface area (Å²) in [5, 5.41) is 2.03. The Kier molecular flexibility index (Phi) is 4.01. The first-order valence-electron chi connectivity index (χ1n) is 5.78. The number of hydrazine groups is 1. The van der Waals surface area contributed by atoms with Crippen LogP contribution in [0.4, 0.5) is 11.4 Å². The molecule has 3 N–H and O–H groups in total. The van der Waals surface area contributed by atoms with Crippen molar-refractivity contribution in [1.82, 2.24) is 5.01 Å². The lowest BCUT2D eigenvalue weighted by atomic mass is 10.2. The summed E-state index contributed by atoms with van der Waals surface area (Å²) < 4.78 is 9.90. The number of rotatable bonds is 3. The van der Waals surface area contributed by atoms with Gasteiger partial charge in [-0.3, -0.25) is 0 Å². The molecule has 0 atom stereocenters. The van der Waals surface area contributed by atoms with E-state index in [-0.39, 0.29) is 5.97 Å². The van der Waals surface area contributed by atoms with Crippen molar-refractivity contribution in [2.45, 2.75) is 0 Å². The molecule has 1 aromatic carbocycles. The lowest BCUT2D eigenvalue weighted by molar-refractivity contribution is 0.0497. The molecule has 0 radical (unpaired) electrons. The molecule has 2 rings (SSSR count). The maximum absolute atomic E-state index is 11.3. The Morgan fingerprint density at radius 1 is 1.44 bits per heavy atom. The van der Waals surface area contributed by atoms with Crippen molar-refractivity contribution in [2.75, 3.05) is 44.6 Å². The topological polar surface area (TPSA) is 76.8 Å². The molecule has 0 spiro atoms. The Morgan fingerprint density at radius 3 is 2.78 bits per heavy atom. The van der Waals surface area contributed by atoms with Gasteiger partial charge in [-0.05, 0) is 18.2 Å². The van der Waals surface area contributed by atoms with Gasteiger partial charge in [-0.2, -0.15) is 0 Å². The number of nitrogens with two attached hydrogens (primary N) is 1. The summed E-state index contributed by atoms with van der Waals surface area (Å²) in [6.45, 7) is 3.01. The van der Waals surface area contributed by atoms with Crippen LogP contribution >= 0.6 is 0 Å². The van der Waals surface area contributed by atoms with Crippen molar-refractivity contribution >= 4 is 17.3 Å². The smallest absolute Gasteiger partial charge is 0.337 e. The Morgan fingerprint density at radius 2 is 2.17 bits per heavy atom. The highest BCUT2D eigenvalue weighted by molar-refractivity contribution is 5.91. The summed E-state index contributed by atoms with van der Waals surface area (Å²) in [6, 6.07) is 5.07. The molecule has 1 aliphatic heterocycles. The van der Waals surface area contributed by atoms with Gasteiger partial charge in [-0.1, -0.05) is 0 Å². The third-order valence-electron chi connectivity index (χ3n) is 2.76. The summed E-state index contributed by atoms with van der Waals surface area (Å²) in [5.41, 5.74) is 10.9. The first-order chi connectivity index (χ1) is 8.70. The molecule has 1 fully saturated rings. The monoisotopic (exact) mass is 251 g/mol. The quantitative estimate of drug-likeness (QED) is 0.608. The van der Waals surface area contributed by atoms with E-state index in [1.54, 1.807) is 18.2 Å². The summed E-state index contributed by atoms with van der Waals surface area (Å²) >= 11 is 0. The maximum atomic E-state index is 11.3. The van der Waals surface area contributed by atoms with E-state index < -0.39 is 0 Å². The highest BCUT2D eigenvalue weighted by Crippen LogP contribution is 2.21. The zero-order chi connectivity index (χ0) is 13.0. The number of nitrogens with one attached hydrogen (secondary N) is 1. The largest absolute Gasteiger partial charge is 0.465 e. The Labute approximate surface area is 106 Å². The molecule has 1 aliphatic rings. The molecule has 1 saturated heterocycles. The maximum Gasteiger partial charge on any atom is 0.337 e. The number of nitrogens with zero attached hydrogens (tertiary/aromatic N) is 1. The van der Waals surface area contributed by atoms with E-state index in [2.05, 4.69) is 10.2 Å². The van der Waals surface area contributed by atoms with Crippen LogP contribution < -0.4 is 11.2 Å². The summed E-state index contributed by atoms with van der Waals surface area (Å²) in [6.07, 6.45) is 0. The molecule has 0 bridgehead atoms. The number of benzene rings is 1. The predicted molar refractivity (Wildman–Crippen MR) is 68.2 cm³/mol. The highest BCUT2D eigenvalue weighted by Gasteiger charge is 2.12. The van der Waals surface area contributed by atoms with Gasteiger partial charge in [0, 0.05) is 13.1 Å². The Balaban J connectivity index is 2.07. The predicted octanol–water partition coefficient (Wildman–Crippen LogP) is 0.714. The van der Waals surface area contributed by atoms with Gasteiger partial charge in [0.2, 0.25) is 0 Å². The minimum Gasteiger partial charge on any atom is -0.465 e. The van der Waals surface area contributed by atoms with Crippen molar-refractivity contribution < 1.29 is 14.3 Å². The minimum absolute atomic E-state index is 0.389. The van der Waals surface area contributed by atoms with E-state index in [1.165, 1.54) is 7.11 Å². The fraction of sp³-hybridized carbons (Fsp3) is 0.417. The molecule has 6 heteroatoms. The number of morpholine rings is 1. The molecule has 0 aliphatic carbocycles. The van der Waals surface area contributed by atoms with Gasteiger partial charge in [-0.15, -0.1) is 0 Å². The first-order valence-corrected chi connectivity index (χ1v) is 5.78. The summed E-state index contributed by atoms with van der Waals surface area (Å²) in [7, 11) is 1.35. The van der Waals surface area contributed by atoms with Gasteiger partial charge in [0.1, 0.15) is 0 Å². The van der Waals surface area contributed by atoms with Gasteiger partial charge in [0.25, 0.3) is 0 Å². The Hall–Kier alpha value is -1.79. The molecule has 0 saturated carbocycles. The van der Waals surface area contributed by atoms with Gasteiger partial charge in [-0.25, -0.2) is 9.80 Å². The number of carbonyl (C=O) groups is 1. The summed E-state index contributed by atoms with van der Waals surface area (Å²) in [4.78, 5) is 11.3. The van der Waals surface area contributed by atoms with Crippen LogP contribution in [0.3, 0.4) is 0 Å². The number of hydrogen-bond acceptors (Lipinski definition) is 6. The number of esters is 1. The van der Waals surface area contributed by atoms with Crippen molar-refractivity contribution in [3.8, 4) is 0 Å². The fourth-order valence-electron chi connectivity index (χ4n) is 1.75. The fourth-order valence-corrected chi connectivity index (χ4v) is 1.75. The SMILES string of the molecule is COC(=O)c1ccc(NN2CCOCC2)c(N)c1. The standard InChI is InChI=1S/C12H17N3O3/c1-17-12(16)9-2-3-11(10(13)8-9)14-15-4-6-18-7-5-15/h2-3,8,14H,4-7,13H2,1H3. The minimum atomic E-state index is -0.389. The van der Waals surface area contributed by atoms with Crippen molar-refractivity contribution in [1.29, 1.82) is 0 Å². The zero-order valence-electron chi connectivity index (χ0n) is 10.3. The van der Waals surface area contributed by atoms with Crippen molar-refractivity contribution in [3.05, 3.63) is 23.8 Å². The van der Waals surface area contributed by atoms with Crippen LogP contribution in [0.25, 0.3) is 0 Å². The van der Waals surface area contributed by atoms with E-state index in [4.69, 9.17) is 10.5 Å². The number of nitrogen functional groups attached to an aromatic ring is 1. The molecule has 1 heterocycles. The van der Waals surface area contributed by atoms with Crippen molar-refractivity contribution in [3.63, 3.8) is 0 Å². The first kappa shape index (κ1) is 12.7. The summed E-state index contributed by atoms with van der Waals surface area (Å²) in [5.74, 6) is -0.389. The average Bonchev–Trinajstić information content (AvgIpc) is 2.41. The lowest BCUT2D eigenvalue weighted by Gasteiger charge is -2.28. The van der Waals surface area contributed by atoms with Gasteiger partial charge in [0.15, 0.2) is 0 Å². The normalized spacial score (nSPS) is 16.3. The van der Waals surface area contributed by atoms with Crippen LogP contribution in [0.2, 0.25) is 0 Å². The van der Waals surface area contributed by atoms with E-state index >= 15 is 0 Å². The molecular weight excluding hydrogens is 234 g/mol. The molecule has 0 amide bonds. The molecular formula is C12H17N3O3. The second-order valence-corrected chi connectivity index (χ2v) is 4.00. The number of ether oxygens (including phenoxy) is 2. The molecule has 98 valence electrons. The van der Waals surface area contributed by atoms with Gasteiger partial charge < -0.3 is 20.6 Å². The van der Waals surface area contributed by atoms with Gasteiger partial charge in [0.05, 0.1) is 37.3 Å². The molecule has 6 nitrogen and oxygen atoms in total. The van der Waals surface area contributed by atoms with E-state index in [0.29, 0.717) is 24.5 Å². The van der Waals surface area contributed by atoms with Crippen LogP contribution in [0.15, 0.2) is 18.2 Å². The van der Waals surface area contributed by atoms with Crippen LogP contribution in [0.1, 0.15) is 10.4 Å². The average molecular weight is 251 g/mol. The number of carbonyl (C=O) groups excluding carboxylic acids is 1. The molecule has 0 aromatic heterocycles. The van der Waals surface area contributed by atoms with Crippen LogP contribution in [-0.4, -0.2) is 44.4 Å². The van der Waals surface area contributed by atoms with Crippen LogP contribution in [0.5, 0.6) is 0 Å². The zero-order valence-corrected chi connectivity index (χ0v) is 10.3. The second kappa shape index (κ2) is 5.70. The van der Waals surface area contributed by atoms with E-state index in [1.807, 2.05) is 5.01 Å². The lowest BCUT2D eigenvalue weighted by Crippen LogP contribution is -2.40. The third-order valence-corrected chi connectivity index (χ3v) is 2.76. The number of hydrogen-bond donors (Lipinski definition) is 2. The van der Waals surface area contributed by atoms with Crippen LogP contribution in [0, 0.1) is 0 Å². The third kappa shape index (κ3) is 2.91. The van der Waals surface area contributed by atoms with E-state index in [0.717, 1.165) is 18.8 Å². The molecule has 18 heavy (non-hydrogen) atoms. The number of methoxy groups -OCH3 is 1. The molecule has 1 aromatic rings. The Bertz CT molecular complexity index is 431.